The normalized spacial score (nSPS) is 14.3. The number of rotatable bonds is 3. The van der Waals surface area contributed by atoms with Gasteiger partial charge in [-0.2, -0.15) is 0 Å². The Kier molecular flexibility index (Phi) is 4.29. The fraction of sp³-hybridized carbons (Fsp3) is 0.364. The van der Waals surface area contributed by atoms with Gasteiger partial charge in [-0.25, -0.2) is 0 Å². The van der Waals surface area contributed by atoms with Gasteiger partial charge >= 0.3 is 0 Å². The number of aliphatic hydroxyl groups excluding tert-OH is 1. The molecule has 4 nitrogen and oxygen atoms in total. The molecular weight excluding hydrogens is 228 g/mol. The molecule has 0 radical (unpaired) electrons. The Morgan fingerprint density at radius 2 is 2.19 bits per heavy atom. The largest absolute Gasteiger partial charge is 0.387 e. The molecule has 0 heterocycles. The van der Waals surface area contributed by atoms with Crippen LogP contribution in [-0.2, 0) is 4.79 Å². The van der Waals surface area contributed by atoms with Crippen LogP contribution in [0.1, 0.15) is 25.5 Å². The first-order valence-electron chi connectivity index (χ1n) is 4.93. The molecule has 0 aromatic heterocycles. The number of hydrogen-bond acceptors (Lipinski definition) is 3. The second-order valence-corrected chi connectivity index (χ2v) is 4.10. The minimum absolute atomic E-state index is 0.244. The molecule has 0 aliphatic carbocycles. The van der Waals surface area contributed by atoms with Gasteiger partial charge in [0, 0.05) is 18.5 Å². The Morgan fingerprint density at radius 3 is 2.69 bits per heavy atom. The predicted molar refractivity (Wildman–Crippen MR) is 64.4 cm³/mol. The molecule has 0 aliphatic rings. The van der Waals surface area contributed by atoms with Crippen LogP contribution in [0.2, 0.25) is 5.02 Å². The zero-order chi connectivity index (χ0) is 12.3. The maximum absolute atomic E-state index is 11.0. The van der Waals surface area contributed by atoms with Crippen molar-refractivity contribution in [1.82, 2.24) is 0 Å². The van der Waals surface area contributed by atoms with Crippen molar-refractivity contribution in [1.29, 1.82) is 0 Å². The summed E-state index contributed by atoms with van der Waals surface area (Å²) in [6.45, 7) is 3.06. The summed E-state index contributed by atoms with van der Waals surface area (Å²) in [7, 11) is 0. The monoisotopic (exact) mass is 242 g/mol. The highest BCUT2D eigenvalue weighted by Gasteiger charge is 2.18. The van der Waals surface area contributed by atoms with Gasteiger partial charge in [-0.3, -0.25) is 4.79 Å². The van der Waals surface area contributed by atoms with Crippen molar-refractivity contribution >= 4 is 23.2 Å². The molecule has 0 aliphatic heterocycles. The van der Waals surface area contributed by atoms with Gasteiger partial charge in [-0.1, -0.05) is 23.7 Å². The molecule has 0 saturated heterocycles. The second-order valence-electron chi connectivity index (χ2n) is 3.69. The third-order valence-electron chi connectivity index (χ3n) is 2.16. The van der Waals surface area contributed by atoms with Crippen LogP contribution in [0.4, 0.5) is 5.69 Å². The van der Waals surface area contributed by atoms with Gasteiger partial charge in [0.25, 0.3) is 0 Å². The number of anilines is 1. The number of nitrogens with two attached hydrogens (primary N) is 1. The molecule has 5 heteroatoms. The number of nitrogens with one attached hydrogen (secondary N) is 1. The average molecular weight is 243 g/mol. The van der Waals surface area contributed by atoms with Crippen LogP contribution in [0.3, 0.4) is 0 Å². The number of hydrogen-bond donors (Lipinski definition) is 3. The lowest BCUT2D eigenvalue weighted by atomic mass is 10.0. The van der Waals surface area contributed by atoms with E-state index in [2.05, 4.69) is 5.32 Å². The molecule has 16 heavy (non-hydrogen) atoms. The number of carbonyl (C=O) groups excluding carboxylic acids is 1. The summed E-state index contributed by atoms with van der Waals surface area (Å²) >= 11 is 5.96. The summed E-state index contributed by atoms with van der Waals surface area (Å²) in [4.78, 5) is 11.0. The summed E-state index contributed by atoms with van der Waals surface area (Å²) in [5.74, 6) is -0.244. The van der Waals surface area contributed by atoms with Gasteiger partial charge in [0.05, 0.1) is 16.8 Å². The van der Waals surface area contributed by atoms with E-state index in [0.717, 1.165) is 0 Å². The van der Waals surface area contributed by atoms with Crippen molar-refractivity contribution in [3.05, 3.63) is 28.8 Å². The average Bonchev–Trinajstić information content (AvgIpc) is 2.19. The van der Waals surface area contributed by atoms with Crippen LogP contribution in [0.25, 0.3) is 0 Å². The summed E-state index contributed by atoms with van der Waals surface area (Å²) in [6, 6.07) is 4.59. The van der Waals surface area contributed by atoms with Crippen LogP contribution in [0, 0.1) is 0 Å². The summed E-state index contributed by atoms with van der Waals surface area (Å²) < 4.78 is 0. The van der Waals surface area contributed by atoms with Gasteiger partial charge in [-0.05, 0) is 13.0 Å². The van der Waals surface area contributed by atoms with Crippen molar-refractivity contribution in [3.63, 3.8) is 0 Å². The molecule has 1 amide bonds. The molecular formula is C11H15ClN2O2. The first-order valence-corrected chi connectivity index (χ1v) is 5.31. The fourth-order valence-electron chi connectivity index (χ4n) is 1.38. The van der Waals surface area contributed by atoms with Crippen LogP contribution in [0.15, 0.2) is 18.2 Å². The first-order chi connectivity index (χ1) is 7.43. The van der Waals surface area contributed by atoms with Crippen molar-refractivity contribution in [2.75, 3.05) is 5.32 Å². The Bertz CT molecular complexity index is 394. The first kappa shape index (κ1) is 13.0. The zero-order valence-electron chi connectivity index (χ0n) is 9.20. The van der Waals surface area contributed by atoms with E-state index in [9.17, 15) is 9.90 Å². The van der Waals surface area contributed by atoms with E-state index in [-0.39, 0.29) is 5.91 Å². The highest BCUT2D eigenvalue weighted by molar-refractivity contribution is 6.33. The molecule has 4 N–H and O–H groups in total. The van der Waals surface area contributed by atoms with Gasteiger partial charge in [0.15, 0.2) is 0 Å². The Labute approximate surface area is 99.4 Å². The van der Waals surface area contributed by atoms with E-state index in [4.69, 9.17) is 17.3 Å². The molecule has 1 aromatic rings. The smallest absolute Gasteiger partial charge is 0.221 e. The van der Waals surface area contributed by atoms with E-state index in [1.54, 1.807) is 25.1 Å². The van der Waals surface area contributed by atoms with Gasteiger partial charge in [-0.15, -0.1) is 0 Å². The summed E-state index contributed by atoms with van der Waals surface area (Å²) in [6.07, 6.45) is -0.861. The molecule has 2 unspecified atom stereocenters. The highest BCUT2D eigenvalue weighted by atomic mass is 35.5. The molecule has 1 rings (SSSR count). The number of carbonyl (C=O) groups is 1. The zero-order valence-corrected chi connectivity index (χ0v) is 9.95. The third-order valence-corrected chi connectivity index (χ3v) is 2.48. The number of amides is 1. The van der Waals surface area contributed by atoms with Crippen molar-refractivity contribution in [2.45, 2.75) is 26.0 Å². The van der Waals surface area contributed by atoms with Crippen molar-refractivity contribution in [3.8, 4) is 0 Å². The van der Waals surface area contributed by atoms with E-state index < -0.39 is 12.1 Å². The standard InChI is InChI=1S/C11H15ClN2O2/c1-6(13)11(16)8-4-3-5-9(12)10(8)14-7(2)15/h3-6,11,16H,13H2,1-2H3,(H,14,15). The number of para-hydroxylation sites is 1. The molecule has 0 fully saturated rings. The quantitative estimate of drug-likeness (QED) is 0.755. The van der Waals surface area contributed by atoms with E-state index in [1.807, 2.05) is 0 Å². The minimum atomic E-state index is -0.861. The van der Waals surface area contributed by atoms with Crippen molar-refractivity contribution in [2.24, 2.45) is 5.73 Å². The molecule has 0 bridgehead atoms. The van der Waals surface area contributed by atoms with Crippen molar-refractivity contribution < 1.29 is 9.90 Å². The van der Waals surface area contributed by atoms with Crippen LogP contribution < -0.4 is 11.1 Å². The molecule has 1 aromatic carbocycles. The predicted octanol–water partition coefficient (Wildman–Crippen LogP) is 1.68. The molecule has 2 atom stereocenters. The Morgan fingerprint density at radius 1 is 1.56 bits per heavy atom. The number of aliphatic hydroxyl groups is 1. The second kappa shape index (κ2) is 5.30. The van der Waals surface area contributed by atoms with Crippen LogP contribution >= 0.6 is 11.6 Å². The SMILES string of the molecule is CC(=O)Nc1c(Cl)cccc1C(O)C(C)N. The lowest BCUT2D eigenvalue weighted by molar-refractivity contribution is -0.114. The lowest BCUT2D eigenvalue weighted by Gasteiger charge is -2.19. The van der Waals surface area contributed by atoms with E-state index in [0.29, 0.717) is 16.3 Å². The summed E-state index contributed by atoms with van der Waals surface area (Å²) in [5.41, 5.74) is 6.56. The number of halogens is 1. The number of benzene rings is 1. The highest BCUT2D eigenvalue weighted by Crippen LogP contribution is 2.31. The van der Waals surface area contributed by atoms with Crippen LogP contribution in [0.5, 0.6) is 0 Å². The third kappa shape index (κ3) is 2.95. The minimum Gasteiger partial charge on any atom is -0.387 e. The van der Waals surface area contributed by atoms with E-state index in [1.165, 1.54) is 6.92 Å². The fourth-order valence-corrected chi connectivity index (χ4v) is 1.61. The van der Waals surface area contributed by atoms with Gasteiger partial charge in [0.2, 0.25) is 5.91 Å². The molecule has 88 valence electrons. The molecule has 0 saturated carbocycles. The lowest BCUT2D eigenvalue weighted by Crippen LogP contribution is -2.25. The van der Waals surface area contributed by atoms with Gasteiger partial charge in [0.1, 0.15) is 0 Å². The maximum atomic E-state index is 11.0. The topological polar surface area (TPSA) is 75.3 Å². The Balaban J connectivity index is 3.17. The van der Waals surface area contributed by atoms with E-state index >= 15 is 0 Å². The van der Waals surface area contributed by atoms with Crippen LogP contribution in [-0.4, -0.2) is 17.1 Å². The van der Waals surface area contributed by atoms with Gasteiger partial charge < -0.3 is 16.2 Å². The summed E-state index contributed by atoms with van der Waals surface area (Å²) in [5, 5.41) is 12.9. The molecule has 0 spiro atoms. The Hall–Kier alpha value is -1.10. The maximum Gasteiger partial charge on any atom is 0.221 e.